The lowest BCUT2D eigenvalue weighted by Gasteiger charge is -2.39. The monoisotopic (exact) mass is 315 g/mol. The van der Waals surface area contributed by atoms with E-state index in [1.165, 1.54) is 6.07 Å². The van der Waals surface area contributed by atoms with E-state index in [1.54, 1.807) is 7.11 Å². The normalized spacial score (nSPS) is 25.3. The molecular weight excluding hydrogens is 297 g/mol. The van der Waals surface area contributed by atoms with Gasteiger partial charge in [0.25, 0.3) is 0 Å². The van der Waals surface area contributed by atoms with Crippen molar-refractivity contribution in [3.05, 3.63) is 34.1 Å². The highest BCUT2D eigenvalue weighted by Gasteiger charge is 2.30. The summed E-state index contributed by atoms with van der Waals surface area (Å²) in [5.41, 5.74) is 1.08. The largest absolute Gasteiger partial charge is 0.377 e. The fourth-order valence-electron chi connectivity index (χ4n) is 2.51. The number of hydrogen-bond acceptors (Lipinski definition) is 2. The number of likely N-dealkylation sites (tertiary alicyclic amines) is 1. The summed E-state index contributed by atoms with van der Waals surface area (Å²) < 4.78 is 19.3. The summed E-state index contributed by atoms with van der Waals surface area (Å²) in [4.78, 5) is 2.37. The Kier molecular flexibility index (Phi) is 4.41. The highest BCUT2D eigenvalue weighted by Crippen LogP contribution is 2.25. The fourth-order valence-corrected chi connectivity index (χ4v) is 2.93. The standard InChI is InChI=1S/C14H19BrFNO/c1-14(18-2)6-3-7-17(10-14)9-11-4-5-13(16)12(15)8-11/h4-5,8H,3,6-7,9-10H2,1-2H3. The van der Waals surface area contributed by atoms with Crippen molar-refractivity contribution in [3.8, 4) is 0 Å². The number of nitrogens with zero attached hydrogens (tertiary/aromatic N) is 1. The molecule has 1 atom stereocenters. The maximum atomic E-state index is 13.2. The van der Waals surface area contributed by atoms with E-state index in [0.717, 1.165) is 38.0 Å². The van der Waals surface area contributed by atoms with E-state index in [2.05, 4.69) is 27.8 Å². The summed E-state index contributed by atoms with van der Waals surface area (Å²) in [6, 6.07) is 5.21. The Balaban J connectivity index is 2.02. The third kappa shape index (κ3) is 3.31. The van der Waals surface area contributed by atoms with E-state index in [1.807, 2.05) is 12.1 Å². The van der Waals surface area contributed by atoms with Crippen LogP contribution in [0.1, 0.15) is 25.3 Å². The third-order valence-electron chi connectivity index (χ3n) is 3.62. The first kappa shape index (κ1) is 14.0. The molecule has 0 amide bonds. The van der Waals surface area contributed by atoms with E-state index >= 15 is 0 Å². The number of methoxy groups -OCH3 is 1. The highest BCUT2D eigenvalue weighted by molar-refractivity contribution is 9.10. The lowest BCUT2D eigenvalue weighted by atomic mass is 9.94. The van der Waals surface area contributed by atoms with Gasteiger partial charge in [0.2, 0.25) is 0 Å². The fraction of sp³-hybridized carbons (Fsp3) is 0.571. The summed E-state index contributed by atoms with van der Waals surface area (Å²) >= 11 is 3.23. The molecule has 1 aromatic carbocycles. The van der Waals surface area contributed by atoms with Gasteiger partial charge in [-0.1, -0.05) is 6.07 Å². The van der Waals surface area contributed by atoms with Gasteiger partial charge in [-0.05, 0) is 59.9 Å². The average Bonchev–Trinajstić information content (AvgIpc) is 2.34. The molecule has 100 valence electrons. The van der Waals surface area contributed by atoms with Crippen LogP contribution in [0.15, 0.2) is 22.7 Å². The van der Waals surface area contributed by atoms with Crippen molar-refractivity contribution < 1.29 is 9.13 Å². The first-order chi connectivity index (χ1) is 8.52. The Labute approximate surface area is 116 Å². The zero-order chi connectivity index (χ0) is 13.2. The van der Waals surface area contributed by atoms with Crippen molar-refractivity contribution in [1.82, 2.24) is 4.90 Å². The summed E-state index contributed by atoms with van der Waals surface area (Å²) in [5, 5.41) is 0. The van der Waals surface area contributed by atoms with Crippen molar-refractivity contribution in [2.24, 2.45) is 0 Å². The summed E-state index contributed by atoms with van der Waals surface area (Å²) in [6.45, 7) is 5.00. The van der Waals surface area contributed by atoms with Crippen LogP contribution in [0.3, 0.4) is 0 Å². The Bertz CT molecular complexity index is 426. The van der Waals surface area contributed by atoms with Gasteiger partial charge in [0.15, 0.2) is 0 Å². The molecule has 2 nitrogen and oxygen atoms in total. The molecule has 1 fully saturated rings. The topological polar surface area (TPSA) is 12.5 Å². The summed E-state index contributed by atoms with van der Waals surface area (Å²) in [5.74, 6) is -0.209. The van der Waals surface area contributed by atoms with Crippen molar-refractivity contribution in [1.29, 1.82) is 0 Å². The minimum absolute atomic E-state index is 0.0461. The molecule has 4 heteroatoms. The van der Waals surface area contributed by atoms with Crippen LogP contribution < -0.4 is 0 Å². The predicted octanol–water partition coefficient (Wildman–Crippen LogP) is 3.59. The molecule has 1 heterocycles. The van der Waals surface area contributed by atoms with Crippen LogP contribution in [0.25, 0.3) is 0 Å². The van der Waals surface area contributed by atoms with Gasteiger partial charge in [-0.25, -0.2) is 4.39 Å². The lowest BCUT2D eigenvalue weighted by molar-refractivity contribution is -0.0527. The van der Waals surface area contributed by atoms with E-state index in [-0.39, 0.29) is 11.4 Å². The molecule has 1 unspecified atom stereocenters. The van der Waals surface area contributed by atoms with Gasteiger partial charge in [-0.3, -0.25) is 4.90 Å². The van der Waals surface area contributed by atoms with Gasteiger partial charge >= 0.3 is 0 Å². The van der Waals surface area contributed by atoms with Crippen LogP contribution in [0, 0.1) is 5.82 Å². The van der Waals surface area contributed by atoms with E-state index in [4.69, 9.17) is 4.74 Å². The Morgan fingerprint density at radius 1 is 1.50 bits per heavy atom. The quantitative estimate of drug-likeness (QED) is 0.845. The van der Waals surface area contributed by atoms with E-state index in [9.17, 15) is 4.39 Å². The van der Waals surface area contributed by atoms with Gasteiger partial charge < -0.3 is 4.74 Å². The molecule has 2 rings (SSSR count). The summed E-state index contributed by atoms with van der Waals surface area (Å²) in [7, 11) is 1.78. The lowest BCUT2D eigenvalue weighted by Crippen LogP contribution is -2.46. The van der Waals surface area contributed by atoms with Gasteiger partial charge in [0.05, 0.1) is 10.1 Å². The molecule has 0 N–H and O–H groups in total. The average molecular weight is 316 g/mol. The number of piperidine rings is 1. The molecule has 18 heavy (non-hydrogen) atoms. The molecular formula is C14H19BrFNO. The molecule has 1 aliphatic heterocycles. The number of rotatable bonds is 3. The van der Waals surface area contributed by atoms with Gasteiger partial charge in [0, 0.05) is 20.2 Å². The summed E-state index contributed by atoms with van der Waals surface area (Å²) in [6.07, 6.45) is 2.25. The zero-order valence-electron chi connectivity index (χ0n) is 10.9. The maximum Gasteiger partial charge on any atom is 0.137 e. The molecule has 1 aliphatic rings. The second-order valence-electron chi connectivity index (χ2n) is 5.22. The molecule has 1 saturated heterocycles. The molecule has 0 aliphatic carbocycles. The van der Waals surface area contributed by atoms with Gasteiger partial charge in [-0.2, -0.15) is 0 Å². The van der Waals surface area contributed by atoms with Crippen LogP contribution in [-0.2, 0) is 11.3 Å². The molecule has 0 aromatic heterocycles. The Morgan fingerprint density at radius 3 is 2.94 bits per heavy atom. The second-order valence-corrected chi connectivity index (χ2v) is 6.07. The van der Waals surface area contributed by atoms with Gasteiger partial charge in [-0.15, -0.1) is 0 Å². The molecule has 0 bridgehead atoms. The number of benzene rings is 1. The minimum atomic E-state index is -0.209. The SMILES string of the molecule is COC1(C)CCCN(Cc2ccc(F)c(Br)c2)C1. The van der Waals surface area contributed by atoms with Crippen molar-refractivity contribution in [2.75, 3.05) is 20.2 Å². The number of ether oxygens (including phenoxy) is 1. The van der Waals surface area contributed by atoms with Crippen LogP contribution >= 0.6 is 15.9 Å². The third-order valence-corrected chi connectivity index (χ3v) is 4.23. The van der Waals surface area contributed by atoms with E-state index < -0.39 is 0 Å². The predicted molar refractivity (Wildman–Crippen MR) is 74.0 cm³/mol. The highest BCUT2D eigenvalue weighted by atomic mass is 79.9. The second kappa shape index (κ2) is 5.68. The number of halogens is 2. The molecule has 0 spiro atoms. The molecule has 0 radical (unpaired) electrons. The first-order valence-corrected chi connectivity index (χ1v) is 7.03. The van der Waals surface area contributed by atoms with Crippen LogP contribution in [0.4, 0.5) is 4.39 Å². The molecule has 1 aromatic rings. The zero-order valence-corrected chi connectivity index (χ0v) is 12.5. The smallest absolute Gasteiger partial charge is 0.137 e. The van der Waals surface area contributed by atoms with E-state index in [0.29, 0.717) is 4.47 Å². The maximum absolute atomic E-state index is 13.2. The van der Waals surface area contributed by atoms with Crippen molar-refractivity contribution >= 4 is 15.9 Å². The Morgan fingerprint density at radius 2 is 2.28 bits per heavy atom. The molecule has 0 saturated carbocycles. The minimum Gasteiger partial charge on any atom is -0.377 e. The van der Waals surface area contributed by atoms with Gasteiger partial charge in [0.1, 0.15) is 5.82 Å². The van der Waals surface area contributed by atoms with Crippen LogP contribution in [0.5, 0.6) is 0 Å². The van der Waals surface area contributed by atoms with Crippen LogP contribution in [-0.4, -0.2) is 30.7 Å². The van der Waals surface area contributed by atoms with Crippen LogP contribution in [0.2, 0.25) is 0 Å². The number of hydrogen-bond donors (Lipinski definition) is 0. The first-order valence-electron chi connectivity index (χ1n) is 6.24. The van der Waals surface area contributed by atoms with Crippen molar-refractivity contribution in [2.45, 2.75) is 31.9 Å². The van der Waals surface area contributed by atoms with Crippen molar-refractivity contribution in [3.63, 3.8) is 0 Å². The Hall–Kier alpha value is -0.450.